The average Bonchev–Trinajstić information content (AvgIpc) is 3.27. The van der Waals surface area contributed by atoms with Crippen LogP contribution in [-0.2, 0) is 0 Å². The molecule has 0 bridgehead atoms. The summed E-state index contributed by atoms with van der Waals surface area (Å²) in [4.78, 5) is 23.9. The predicted molar refractivity (Wildman–Crippen MR) is 127 cm³/mol. The lowest BCUT2D eigenvalue weighted by Crippen LogP contribution is -2.47. The van der Waals surface area contributed by atoms with Gasteiger partial charge in [0.15, 0.2) is 11.5 Å². The Balaban J connectivity index is 1.51. The van der Waals surface area contributed by atoms with Gasteiger partial charge in [-0.3, -0.25) is 0 Å². The number of fused-ring (bicyclic) bond motifs is 1. The second kappa shape index (κ2) is 8.58. The van der Waals surface area contributed by atoms with Crippen molar-refractivity contribution in [3.8, 4) is 22.6 Å². The fourth-order valence-electron chi connectivity index (χ4n) is 4.05. The maximum Gasteiger partial charge on any atom is 0.225 e. The lowest BCUT2D eigenvalue weighted by atomic mass is 10.0. The molecule has 0 N–H and O–H groups in total. The molecule has 0 saturated carbocycles. The van der Waals surface area contributed by atoms with Gasteiger partial charge in [-0.15, -0.1) is 11.3 Å². The molecule has 0 amide bonds. The first-order valence-corrected chi connectivity index (χ1v) is 11.3. The number of anilines is 2. The molecule has 0 spiro atoms. The number of thiophene rings is 1. The molecule has 0 radical (unpaired) electrons. The summed E-state index contributed by atoms with van der Waals surface area (Å²) in [6, 6.07) is 7.84. The molecule has 5 rings (SSSR count). The molecule has 3 aromatic heterocycles. The van der Waals surface area contributed by atoms with E-state index in [1.807, 2.05) is 25.1 Å². The molecule has 1 aromatic carbocycles. The zero-order valence-electron chi connectivity index (χ0n) is 18.3. The molecule has 1 aliphatic rings. The molecule has 4 aromatic rings. The second-order valence-corrected chi connectivity index (χ2v) is 8.37. The highest BCUT2D eigenvalue weighted by Crippen LogP contribution is 2.41. The average molecular weight is 449 g/mol. The van der Waals surface area contributed by atoms with Gasteiger partial charge >= 0.3 is 0 Å². The first kappa shape index (κ1) is 20.4. The number of ether oxygens (including phenoxy) is 2. The van der Waals surface area contributed by atoms with Gasteiger partial charge in [-0.2, -0.15) is 0 Å². The first-order chi connectivity index (χ1) is 15.7. The number of hydrogen-bond donors (Lipinski definition) is 0. The molecule has 164 valence electrons. The molecule has 1 fully saturated rings. The molecule has 9 heteroatoms. The Morgan fingerprint density at radius 1 is 0.906 bits per heavy atom. The fraction of sp³-hybridized carbons (Fsp3) is 0.304. The van der Waals surface area contributed by atoms with E-state index in [0.29, 0.717) is 11.5 Å². The van der Waals surface area contributed by atoms with Gasteiger partial charge in [0.05, 0.1) is 19.6 Å². The zero-order chi connectivity index (χ0) is 22.1. The van der Waals surface area contributed by atoms with Gasteiger partial charge in [0.2, 0.25) is 5.95 Å². The van der Waals surface area contributed by atoms with Crippen LogP contribution < -0.4 is 19.3 Å². The number of hydrogen-bond acceptors (Lipinski definition) is 9. The second-order valence-electron chi connectivity index (χ2n) is 7.52. The third kappa shape index (κ3) is 3.69. The van der Waals surface area contributed by atoms with Crippen LogP contribution in [0.4, 0.5) is 11.8 Å². The third-order valence-corrected chi connectivity index (χ3v) is 6.51. The van der Waals surface area contributed by atoms with Gasteiger partial charge in [0.1, 0.15) is 16.5 Å². The standard InChI is InChI=1S/C23H24N6O2S/c1-15-26-21(28-9-11-29(12-10-28)23-24-7-4-8-25-23)20-17(14-32-22(20)27-15)16-5-6-18(30-2)19(13-16)31-3/h4-8,13-14H,9-12H2,1-3H3. The minimum atomic E-state index is 0.704. The lowest BCUT2D eigenvalue weighted by Gasteiger charge is -2.35. The minimum absolute atomic E-state index is 0.704. The molecule has 1 aliphatic heterocycles. The van der Waals surface area contributed by atoms with Crippen LogP contribution in [0.2, 0.25) is 0 Å². The molecule has 8 nitrogen and oxygen atoms in total. The van der Waals surface area contributed by atoms with E-state index in [4.69, 9.17) is 19.4 Å². The van der Waals surface area contributed by atoms with E-state index in [2.05, 4.69) is 31.2 Å². The molecular weight excluding hydrogens is 424 g/mol. The number of rotatable bonds is 5. The monoisotopic (exact) mass is 448 g/mol. The van der Waals surface area contributed by atoms with Crippen molar-refractivity contribution in [1.82, 2.24) is 19.9 Å². The molecule has 0 unspecified atom stereocenters. The highest BCUT2D eigenvalue weighted by atomic mass is 32.1. The number of aromatic nitrogens is 4. The van der Waals surface area contributed by atoms with Gasteiger partial charge in [-0.1, -0.05) is 6.07 Å². The normalized spacial score (nSPS) is 14.1. The van der Waals surface area contributed by atoms with E-state index < -0.39 is 0 Å². The number of aryl methyl sites for hydroxylation is 1. The quantitative estimate of drug-likeness (QED) is 0.456. The van der Waals surface area contributed by atoms with Crippen LogP contribution in [0.15, 0.2) is 42.0 Å². The summed E-state index contributed by atoms with van der Waals surface area (Å²) in [5.41, 5.74) is 2.16. The highest BCUT2D eigenvalue weighted by molar-refractivity contribution is 7.17. The number of methoxy groups -OCH3 is 2. The van der Waals surface area contributed by atoms with Gasteiger partial charge in [0.25, 0.3) is 0 Å². The summed E-state index contributed by atoms with van der Waals surface area (Å²) in [6.07, 6.45) is 3.57. The largest absolute Gasteiger partial charge is 0.493 e. The topological polar surface area (TPSA) is 76.5 Å². The Morgan fingerprint density at radius 3 is 2.34 bits per heavy atom. The summed E-state index contributed by atoms with van der Waals surface area (Å²) < 4.78 is 10.9. The Kier molecular flexibility index (Phi) is 5.48. The van der Waals surface area contributed by atoms with Crippen molar-refractivity contribution < 1.29 is 9.47 Å². The molecule has 1 saturated heterocycles. The Hall–Kier alpha value is -3.46. The van der Waals surface area contributed by atoms with Gasteiger partial charge in [-0.05, 0) is 30.7 Å². The van der Waals surface area contributed by atoms with E-state index in [1.54, 1.807) is 38.0 Å². The van der Waals surface area contributed by atoms with Crippen molar-refractivity contribution >= 4 is 33.3 Å². The summed E-state index contributed by atoms with van der Waals surface area (Å²) in [7, 11) is 3.30. The predicted octanol–water partition coefficient (Wildman–Crippen LogP) is 3.80. The number of benzene rings is 1. The maximum atomic E-state index is 5.53. The zero-order valence-corrected chi connectivity index (χ0v) is 19.1. The van der Waals surface area contributed by atoms with Gasteiger partial charge < -0.3 is 19.3 Å². The summed E-state index contributed by atoms with van der Waals surface area (Å²) >= 11 is 1.64. The van der Waals surface area contributed by atoms with Crippen LogP contribution in [-0.4, -0.2) is 60.3 Å². The van der Waals surface area contributed by atoms with E-state index in [1.165, 1.54) is 0 Å². The fourth-order valence-corrected chi connectivity index (χ4v) is 5.03. The molecule has 0 atom stereocenters. The van der Waals surface area contributed by atoms with Crippen molar-refractivity contribution in [2.75, 3.05) is 50.2 Å². The minimum Gasteiger partial charge on any atom is -0.493 e. The van der Waals surface area contributed by atoms with E-state index >= 15 is 0 Å². The number of piperazine rings is 1. The summed E-state index contributed by atoms with van der Waals surface area (Å²) in [5.74, 6) is 3.95. The SMILES string of the molecule is COc1ccc(-c2csc3nc(C)nc(N4CCN(c5ncccn5)CC4)c23)cc1OC. The number of nitrogens with zero attached hydrogens (tertiary/aromatic N) is 6. The van der Waals surface area contributed by atoms with E-state index in [0.717, 1.165) is 65.1 Å². The summed E-state index contributed by atoms with van der Waals surface area (Å²) in [5, 5.41) is 3.23. The highest BCUT2D eigenvalue weighted by Gasteiger charge is 2.24. The van der Waals surface area contributed by atoms with E-state index in [9.17, 15) is 0 Å². The van der Waals surface area contributed by atoms with E-state index in [-0.39, 0.29) is 0 Å². The molecular formula is C23H24N6O2S. The smallest absolute Gasteiger partial charge is 0.225 e. The molecule has 4 heterocycles. The summed E-state index contributed by atoms with van der Waals surface area (Å²) in [6.45, 7) is 5.30. The van der Waals surface area contributed by atoms with Crippen molar-refractivity contribution in [2.24, 2.45) is 0 Å². The van der Waals surface area contributed by atoms with Crippen LogP contribution in [0.25, 0.3) is 21.3 Å². The Labute approximate surface area is 190 Å². The van der Waals surface area contributed by atoms with Crippen molar-refractivity contribution in [2.45, 2.75) is 6.92 Å². The third-order valence-electron chi connectivity index (χ3n) is 5.64. The van der Waals surface area contributed by atoms with Crippen LogP contribution in [0.5, 0.6) is 11.5 Å². The molecule has 0 aliphatic carbocycles. The van der Waals surface area contributed by atoms with Crippen LogP contribution >= 0.6 is 11.3 Å². The van der Waals surface area contributed by atoms with Gasteiger partial charge in [0, 0.05) is 49.5 Å². The van der Waals surface area contributed by atoms with Crippen molar-refractivity contribution in [3.05, 3.63) is 47.9 Å². The lowest BCUT2D eigenvalue weighted by molar-refractivity contribution is 0.355. The maximum absolute atomic E-state index is 5.53. The first-order valence-electron chi connectivity index (χ1n) is 10.4. The Bertz CT molecular complexity index is 1240. The Morgan fingerprint density at radius 2 is 1.62 bits per heavy atom. The molecule has 32 heavy (non-hydrogen) atoms. The van der Waals surface area contributed by atoms with Crippen LogP contribution in [0.1, 0.15) is 5.82 Å². The van der Waals surface area contributed by atoms with Gasteiger partial charge in [-0.25, -0.2) is 19.9 Å². The van der Waals surface area contributed by atoms with Crippen molar-refractivity contribution in [3.63, 3.8) is 0 Å². The van der Waals surface area contributed by atoms with Crippen LogP contribution in [0.3, 0.4) is 0 Å². The van der Waals surface area contributed by atoms with Crippen molar-refractivity contribution in [1.29, 1.82) is 0 Å². The van der Waals surface area contributed by atoms with Crippen LogP contribution in [0, 0.1) is 6.92 Å².